The Hall–Kier alpha value is -4.41. The zero-order valence-electron chi connectivity index (χ0n) is 25.6. The van der Waals surface area contributed by atoms with Gasteiger partial charge in [0.25, 0.3) is 0 Å². The van der Waals surface area contributed by atoms with E-state index in [9.17, 15) is 0 Å². The predicted octanol–water partition coefficient (Wildman–Crippen LogP) is 5.64. The van der Waals surface area contributed by atoms with Crippen molar-refractivity contribution >= 4 is 41.3 Å². The van der Waals surface area contributed by atoms with Crippen LogP contribution in [0.3, 0.4) is 0 Å². The summed E-state index contributed by atoms with van der Waals surface area (Å²) in [6.45, 7) is 7.15. The van der Waals surface area contributed by atoms with E-state index in [1.54, 1.807) is 0 Å². The molecule has 0 fully saturated rings. The second-order valence-corrected chi connectivity index (χ2v) is 15.0. The molecule has 0 atom stereocenters. The third-order valence-corrected chi connectivity index (χ3v) is 13.4. The average Bonchev–Trinajstić information content (AvgIpc) is 3.62. The molecular weight excluding hydrogens is 535 g/mol. The van der Waals surface area contributed by atoms with E-state index in [1.807, 2.05) is 12.5 Å². The van der Waals surface area contributed by atoms with E-state index in [2.05, 4.69) is 176 Å². The summed E-state index contributed by atoms with van der Waals surface area (Å²) < 4.78 is 2.25. The summed E-state index contributed by atoms with van der Waals surface area (Å²) in [5, 5.41) is 4.32. The number of aryl methyl sites for hydroxylation is 2. The van der Waals surface area contributed by atoms with E-state index >= 15 is 0 Å². The highest BCUT2D eigenvalue weighted by Gasteiger charge is 2.39. The summed E-state index contributed by atoms with van der Waals surface area (Å²) in [5.74, 6) is 0. The molecule has 5 aromatic carbocycles. The Morgan fingerprint density at radius 3 is 1.37 bits per heavy atom. The summed E-state index contributed by atoms with van der Waals surface area (Å²) in [7, 11) is -2.28. The largest absolute Gasteiger partial charge is 0.339 e. The first kappa shape index (κ1) is 30.1. The number of rotatable bonds is 9. The molecule has 2 nitrogen and oxygen atoms in total. The first-order valence-corrected chi connectivity index (χ1v) is 17.6. The van der Waals surface area contributed by atoms with Gasteiger partial charge in [-0.15, -0.1) is 0 Å². The predicted molar refractivity (Wildman–Crippen MR) is 189 cm³/mol. The van der Waals surface area contributed by atoms with Gasteiger partial charge in [-0.05, 0) is 39.5 Å². The van der Waals surface area contributed by atoms with Gasteiger partial charge in [-0.25, -0.2) is 4.98 Å². The van der Waals surface area contributed by atoms with Crippen molar-refractivity contribution in [2.45, 2.75) is 39.7 Å². The first-order valence-electron chi connectivity index (χ1n) is 15.4. The molecule has 0 unspecified atom stereocenters. The molecule has 0 aliphatic heterocycles. The third kappa shape index (κ3) is 7.15. The van der Waals surface area contributed by atoms with Gasteiger partial charge in [0.2, 0.25) is 6.71 Å². The summed E-state index contributed by atoms with van der Waals surface area (Å²) in [5.41, 5.74) is 5.51. The normalized spacial score (nSPS) is 11.0. The van der Waals surface area contributed by atoms with Crippen LogP contribution in [0.25, 0.3) is 0 Å². The Labute approximate surface area is 259 Å². The Morgan fingerprint density at radius 1 is 0.558 bits per heavy atom. The molecule has 1 heterocycles. The summed E-state index contributed by atoms with van der Waals surface area (Å²) in [6, 6.07) is 50.9. The maximum absolute atomic E-state index is 4.33. The van der Waals surface area contributed by atoms with Crippen LogP contribution in [0.2, 0.25) is 6.82 Å². The molecule has 0 aliphatic carbocycles. The Bertz CT molecular complexity index is 1550. The molecule has 0 bridgehead atoms. The van der Waals surface area contributed by atoms with Gasteiger partial charge >= 0.3 is 0 Å². The molecule has 1 aromatic heterocycles. The van der Waals surface area contributed by atoms with Crippen LogP contribution in [-0.2, 0) is 19.0 Å². The SMILES string of the molecule is CB(c1ccccc1)c1ccccc1.CCc1ccc([Si](Cn2ccnc2)(c2ccccc2)c2ccc(CC)cc2)cc1. The second-order valence-electron chi connectivity index (χ2n) is 11.2. The lowest BCUT2D eigenvalue weighted by molar-refractivity contribution is 0.862. The van der Waals surface area contributed by atoms with Crippen LogP contribution in [-0.4, -0.2) is 24.3 Å². The van der Waals surface area contributed by atoms with Gasteiger partial charge in [0.05, 0.1) is 6.33 Å². The van der Waals surface area contributed by atoms with Crippen LogP contribution in [0.4, 0.5) is 0 Å². The number of nitrogens with zero attached hydrogens (tertiary/aromatic N) is 2. The fourth-order valence-corrected chi connectivity index (χ4v) is 10.4. The Kier molecular flexibility index (Phi) is 10.3. The van der Waals surface area contributed by atoms with Crippen LogP contribution in [0.5, 0.6) is 0 Å². The lowest BCUT2D eigenvalue weighted by Crippen LogP contribution is -2.69. The van der Waals surface area contributed by atoms with Crippen molar-refractivity contribution in [3.63, 3.8) is 0 Å². The highest BCUT2D eigenvalue weighted by Crippen LogP contribution is 2.13. The quantitative estimate of drug-likeness (QED) is 0.161. The first-order chi connectivity index (χ1) is 21.1. The summed E-state index contributed by atoms with van der Waals surface area (Å²) in [4.78, 5) is 4.33. The van der Waals surface area contributed by atoms with Crippen molar-refractivity contribution in [2.75, 3.05) is 0 Å². The molecule has 0 saturated heterocycles. The van der Waals surface area contributed by atoms with Crippen LogP contribution in [0, 0.1) is 0 Å². The van der Waals surface area contributed by atoms with Crippen molar-refractivity contribution in [3.8, 4) is 0 Å². The molecule has 0 spiro atoms. The van der Waals surface area contributed by atoms with E-state index in [0.717, 1.165) is 19.0 Å². The fourth-order valence-electron chi connectivity index (χ4n) is 5.88. The number of imidazole rings is 1. The molecule has 4 heteroatoms. The molecular formula is C39H41BN2Si. The van der Waals surface area contributed by atoms with Gasteiger partial charge in [-0.2, -0.15) is 0 Å². The topological polar surface area (TPSA) is 17.8 Å². The maximum atomic E-state index is 4.33. The van der Waals surface area contributed by atoms with Crippen LogP contribution < -0.4 is 26.5 Å². The Morgan fingerprint density at radius 2 is 0.977 bits per heavy atom. The number of hydrogen-bond acceptors (Lipinski definition) is 1. The summed E-state index contributed by atoms with van der Waals surface area (Å²) >= 11 is 0. The molecule has 0 radical (unpaired) electrons. The van der Waals surface area contributed by atoms with Gasteiger partial charge in [0.15, 0.2) is 8.07 Å². The van der Waals surface area contributed by atoms with Gasteiger partial charge in [-0.1, -0.05) is 171 Å². The van der Waals surface area contributed by atoms with Crippen molar-refractivity contribution in [2.24, 2.45) is 0 Å². The molecule has 6 rings (SSSR count). The zero-order valence-corrected chi connectivity index (χ0v) is 26.6. The van der Waals surface area contributed by atoms with Crippen LogP contribution in [0.15, 0.2) is 158 Å². The van der Waals surface area contributed by atoms with Crippen molar-refractivity contribution in [3.05, 3.63) is 169 Å². The van der Waals surface area contributed by atoms with Gasteiger partial charge in [0.1, 0.15) is 0 Å². The molecule has 43 heavy (non-hydrogen) atoms. The Balaban J connectivity index is 0.000000220. The van der Waals surface area contributed by atoms with Crippen LogP contribution >= 0.6 is 0 Å². The minimum atomic E-state index is -2.28. The molecule has 0 saturated carbocycles. The summed E-state index contributed by atoms with van der Waals surface area (Å²) in [6.07, 6.45) is 8.98. The highest BCUT2D eigenvalue weighted by molar-refractivity contribution is 7.10. The smallest absolute Gasteiger partial charge is 0.206 e. The fraction of sp³-hybridized carbons (Fsp3) is 0.154. The highest BCUT2D eigenvalue weighted by atomic mass is 28.3. The minimum Gasteiger partial charge on any atom is -0.339 e. The van der Waals surface area contributed by atoms with E-state index in [1.165, 1.54) is 37.6 Å². The van der Waals surface area contributed by atoms with E-state index in [-0.39, 0.29) is 0 Å². The van der Waals surface area contributed by atoms with E-state index < -0.39 is 8.07 Å². The number of benzene rings is 5. The third-order valence-electron chi connectivity index (χ3n) is 8.55. The standard InChI is InChI=1S/C26H28N2Si.C13H13B/c1-3-22-10-14-25(15-11-22)29(21-28-19-18-27-20-28,24-8-6-5-7-9-24)26-16-12-23(4-2)13-17-26;1-14(12-8-4-2-5-9-12)13-10-6-3-7-11-13/h5-20H,3-4,21H2,1-2H3;2-11H,1H3. The number of aromatic nitrogens is 2. The maximum Gasteiger partial charge on any atom is 0.206 e. The van der Waals surface area contributed by atoms with Crippen molar-refractivity contribution in [1.82, 2.24) is 9.55 Å². The van der Waals surface area contributed by atoms with Gasteiger partial charge in [-0.3, -0.25) is 0 Å². The average molecular weight is 577 g/mol. The lowest BCUT2D eigenvalue weighted by atomic mass is 9.43. The molecule has 0 amide bonds. The van der Waals surface area contributed by atoms with E-state index in [4.69, 9.17) is 0 Å². The van der Waals surface area contributed by atoms with Crippen LogP contribution in [0.1, 0.15) is 25.0 Å². The van der Waals surface area contributed by atoms with E-state index in [0.29, 0.717) is 6.71 Å². The molecule has 0 N–H and O–H groups in total. The molecule has 6 aromatic rings. The zero-order chi connectivity index (χ0) is 29.9. The molecule has 214 valence electrons. The minimum absolute atomic E-state index is 0.484. The number of hydrogen-bond donors (Lipinski definition) is 0. The molecule has 0 aliphatic rings. The monoisotopic (exact) mass is 576 g/mol. The van der Waals surface area contributed by atoms with Crippen molar-refractivity contribution in [1.29, 1.82) is 0 Å². The van der Waals surface area contributed by atoms with Gasteiger partial charge < -0.3 is 4.57 Å². The van der Waals surface area contributed by atoms with Gasteiger partial charge in [0, 0.05) is 18.6 Å². The second kappa shape index (κ2) is 14.7. The van der Waals surface area contributed by atoms with Crippen molar-refractivity contribution < 1.29 is 0 Å². The lowest BCUT2D eigenvalue weighted by Gasteiger charge is -2.34.